The van der Waals surface area contributed by atoms with Crippen LogP contribution < -0.4 is 0 Å². The predicted octanol–water partition coefficient (Wildman–Crippen LogP) is 4.78. The molecule has 0 unspecified atom stereocenters. The van der Waals surface area contributed by atoms with Crippen molar-refractivity contribution in [2.24, 2.45) is 5.92 Å². The maximum absolute atomic E-state index is 4.29. The SMILES string of the molecule is CC(C)C.Cc1sccc1-c1ccccn1. The van der Waals surface area contributed by atoms with Gasteiger partial charge < -0.3 is 0 Å². The molecular weight excluding hydrogens is 214 g/mol. The number of thiophene rings is 1. The van der Waals surface area contributed by atoms with Crippen LogP contribution >= 0.6 is 11.3 Å². The Morgan fingerprint density at radius 1 is 1.12 bits per heavy atom. The second-order valence-corrected chi connectivity index (χ2v) is 5.46. The lowest BCUT2D eigenvalue weighted by Gasteiger charge is -1.96. The van der Waals surface area contributed by atoms with Gasteiger partial charge >= 0.3 is 0 Å². The van der Waals surface area contributed by atoms with Crippen LogP contribution in [0.4, 0.5) is 0 Å². The smallest absolute Gasteiger partial charge is 0.0713 e. The van der Waals surface area contributed by atoms with E-state index in [1.54, 1.807) is 11.3 Å². The summed E-state index contributed by atoms with van der Waals surface area (Å²) >= 11 is 1.76. The average molecular weight is 233 g/mol. The molecule has 0 aliphatic heterocycles. The Labute approximate surface area is 102 Å². The Hall–Kier alpha value is -1.15. The number of hydrogen-bond donors (Lipinski definition) is 0. The molecule has 2 aromatic rings. The first-order valence-corrected chi connectivity index (χ1v) is 6.44. The Kier molecular flexibility index (Phi) is 5.20. The zero-order valence-corrected chi connectivity index (χ0v) is 11.2. The molecule has 0 fully saturated rings. The van der Waals surface area contributed by atoms with E-state index < -0.39 is 0 Å². The molecule has 2 heterocycles. The third kappa shape index (κ3) is 4.15. The summed E-state index contributed by atoms with van der Waals surface area (Å²) in [4.78, 5) is 5.62. The minimum absolute atomic E-state index is 0.833. The van der Waals surface area contributed by atoms with E-state index in [1.807, 2.05) is 24.4 Å². The lowest BCUT2D eigenvalue weighted by Crippen LogP contribution is -1.79. The lowest BCUT2D eigenvalue weighted by molar-refractivity contribution is 0.737. The van der Waals surface area contributed by atoms with Gasteiger partial charge in [-0.3, -0.25) is 4.98 Å². The van der Waals surface area contributed by atoms with E-state index in [2.05, 4.69) is 44.1 Å². The van der Waals surface area contributed by atoms with E-state index in [4.69, 9.17) is 0 Å². The van der Waals surface area contributed by atoms with Crippen molar-refractivity contribution >= 4 is 11.3 Å². The van der Waals surface area contributed by atoms with Crippen molar-refractivity contribution in [3.05, 3.63) is 40.7 Å². The molecule has 0 radical (unpaired) electrons. The molecule has 0 amide bonds. The average Bonchev–Trinajstić information content (AvgIpc) is 2.65. The second kappa shape index (κ2) is 6.44. The fraction of sp³-hybridized carbons (Fsp3) is 0.357. The van der Waals surface area contributed by atoms with E-state index in [0.29, 0.717) is 0 Å². The Morgan fingerprint density at radius 2 is 1.81 bits per heavy atom. The van der Waals surface area contributed by atoms with Gasteiger partial charge in [0.15, 0.2) is 0 Å². The number of aryl methyl sites for hydroxylation is 1. The molecule has 2 heteroatoms. The van der Waals surface area contributed by atoms with Gasteiger partial charge in [-0.05, 0) is 36.4 Å². The molecule has 0 bridgehead atoms. The van der Waals surface area contributed by atoms with Crippen LogP contribution in [0.15, 0.2) is 35.8 Å². The highest BCUT2D eigenvalue weighted by atomic mass is 32.1. The van der Waals surface area contributed by atoms with E-state index in [9.17, 15) is 0 Å². The Morgan fingerprint density at radius 3 is 2.25 bits per heavy atom. The molecular formula is C14H19NS. The van der Waals surface area contributed by atoms with E-state index in [0.717, 1.165) is 11.6 Å². The molecule has 86 valence electrons. The fourth-order valence-electron chi connectivity index (χ4n) is 1.17. The Bertz CT molecular complexity index is 401. The number of rotatable bonds is 1. The van der Waals surface area contributed by atoms with Gasteiger partial charge in [0.2, 0.25) is 0 Å². The van der Waals surface area contributed by atoms with Crippen LogP contribution in [0.1, 0.15) is 25.6 Å². The quantitative estimate of drug-likeness (QED) is 0.690. The van der Waals surface area contributed by atoms with Gasteiger partial charge in [0.05, 0.1) is 5.69 Å². The first-order valence-electron chi connectivity index (χ1n) is 5.56. The topological polar surface area (TPSA) is 12.9 Å². The summed E-state index contributed by atoms with van der Waals surface area (Å²) in [5.74, 6) is 0.833. The summed E-state index contributed by atoms with van der Waals surface area (Å²) in [7, 11) is 0. The van der Waals surface area contributed by atoms with Gasteiger partial charge in [0, 0.05) is 16.6 Å². The highest BCUT2D eigenvalue weighted by Crippen LogP contribution is 2.24. The summed E-state index contributed by atoms with van der Waals surface area (Å²) in [5.41, 5.74) is 2.32. The van der Waals surface area contributed by atoms with Crippen LogP contribution in [-0.2, 0) is 0 Å². The van der Waals surface area contributed by atoms with Crippen molar-refractivity contribution in [1.82, 2.24) is 4.98 Å². The van der Waals surface area contributed by atoms with Crippen LogP contribution in [0, 0.1) is 12.8 Å². The van der Waals surface area contributed by atoms with Gasteiger partial charge in [-0.1, -0.05) is 26.8 Å². The highest BCUT2D eigenvalue weighted by molar-refractivity contribution is 7.10. The van der Waals surface area contributed by atoms with Crippen molar-refractivity contribution < 1.29 is 0 Å². The molecule has 2 aromatic heterocycles. The van der Waals surface area contributed by atoms with Crippen molar-refractivity contribution in [1.29, 1.82) is 0 Å². The van der Waals surface area contributed by atoms with Gasteiger partial charge in [0.25, 0.3) is 0 Å². The second-order valence-electron chi connectivity index (χ2n) is 4.34. The van der Waals surface area contributed by atoms with Crippen LogP contribution in [0.5, 0.6) is 0 Å². The molecule has 1 nitrogen and oxygen atoms in total. The van der Waals surface area contributed by atoms with Gasteiger partial charge in [0.1, 0.15) is 0 Å². The van der Waals surface area contributed by atoms with Crippen LogP contribution in [0.25, 0.3) is 11.3 Å². The first-order chi connectivity index (χ1) is 7.61. The molecule has 2 rings (SSSR count). The Balaban J connectivity index is 0.000000280. The summed E-state index contributed by atoms with van der Waals surface area (Å²) in [6.07, 6.45) is 1.83. The van der Waals surface area contributed by atoms with E-state index in [1.165, 1.54) is 10.4 Å². The normalized spacial score (nSPS) is 9.81. The largest absolute Gasteiger partial charge is 0.256 e. The third-order valence-electron chi connectivity index (χ3n) is 1.80. The molecule has 0 aliphatic rings. The van der Waals surface area contributed by atoms with Crippen molar-refractivity contribution in [3.8, 4) is 11.3 Å². The molecule has 16 heavy (non-hydrogen) atoms. The predicted molar refractivity (Wildman–Crippen MR) is 72.8 cm³/mol. The number of nitrogens with zero attached hydrogens (tertiary/aromatic N) is 1. The first kappa shape index (κ1) is 12.9. The summed E-state index contributed by atoms with van der Waals surface area (Å²) in [6, 6.07) is 8.10. The van der Waals surface area contributed by atoms with E-state index in [-0.39, 0.29) is 0 Å². The van der Waals surface area contributed by atoms with Gasteiger partial charge in [-0.15, -0.1) is 11.3 Å². The van der Waals surface area contributed by atoms with Crippen LogP contribution in [0.3, 0.4) is 0 Å². The number of hydrogen-bond acceptors (Lipinski definition) is 2. The monoisotopic (exact) mass is 233 g/mol. The summed E-state index contributed by atoms with van der Waals surface area (Å²) in [5, 5.41) is 2.10. The van der Waals surface area contributed by atoms with Gasteiger partial charge in [-0.2, -0.15) is 0 Å². The summed E-state index contributed by atoms with van der Waals surface area (Å²) < 4.78 is 0. The summed E-state index contributed by atoms with van der Waals surface area (Å²) in [6.45, 7) is 8.62. The molecule has 0 aromatic carbocycles. The van der Waals surface area contributed by atoms with Crippen LogP contribution in [-0.4, -0.2) is 4.98 Å². The molecule has 0 spiro atoms. The number of aromatic nitrogens is 1. The fourth-order valence-corrected chi connectivity index (χ4v) is 1.88. The lowest BCUT2D eigenvalue weighted by atomic mass is 10.2. The standard InChI is InChI=1S/C10H9NS.C4H10/c1-8-9(5-7-12-8)10-4-2-3-6-11-10;1-4(2)3/h2-7H,1H3;4H,1-3H3. The zero-order valence-electron chi connectivity index (χ0n) is 10.4. The molecule has 0 saturated heterocycles. The maximum Gasteiger partial charge on any atom is 0.0713 e. The molecule has 0 N–H and O–H groups in total. The number of pyridine rings is 1. The third-order valence-corrected chi connectivity index (χ3v) is 2.65. The van der Waals surface area contributed by atoms with Gasteiger partial charge in [-0.25, -0.2) is 0 Å². The highest BCUT2D eigenvalue weighted by Gasteiger charge is 2.01. The van der Waals surface area contributed by atoms with Crippen molar-refractivity contribution in [2.45, 2.75) is 27.7 Å². The zero-order chi connectivity index (χ0) is 12.0. The maximum atomic E-state index is 4.29. The molecule has 0 saturated carbocycles. The van der Waals surface area contributed by atoms with Crippen molar-refractivity contribution in [2.75, 3.05) is 0 Å². The van der Waals surface area contributed by atoms with Crippen LogP contribution in [0.2, 0.25) is 0 Å². The van der Waals surface area contributed by atoms with E-state index >= 15 is 0 Å². The molecule has 0 atom stereocenters. The molecule has 0 aliphatic carbocycles. The van der Waals surface area contributed by atoms with Crippen molar-refractivity contribution in [3.63, 3.8) is 0 Å². The minimum atomic E-state index is 0.833. The minimum Gasteiger partial charge on any atom is -0.256 e.